The Morgan fingerprint density at radius 1 is 1.43 bits per heavy atom. The molecule has 21 heavy (non-hydrogen) atoms. The smallest absolute Gasteiger partial charge is 0.242 e. The molecule has 0 saturated heterocycles. The zero-order valence-corrected chi connectivity index (χ0v) is 14.8. The molecule has 1 aliphatic rings. The van der Waals surface area contributed by atoms with E-state index >= 15 is 0 Å². The summed E-state index contributed by atoms with van der Waals surface area (Å²) in [6.07, 6.45) is 6.11. The molecule has 1 heterocycles. The quantitative estimate of drug-likeness (QED) is 0.761. The van der Waals surface area contributed by atoms with E-state index in [9.17, 15) is 8.42 Å². The van der Waals surface area contributed by atoms with E-state index in [0.717, 1.165) is 5.69 Å². The Bertz CT molecular complexity index is 589. The lowest BCUT2D eigenvalue weighted by atomic mass is 10.2. The van der Waals surface area contributed by atoms with Gasteiger partial charge in [0.15, 0.2) is 0 Å². The molecule has 1 aromatic heterocycles. The molecule has 1 aromatic rings. The molecular weight excluding hydrogens is 306 g/mol. The summed E-state index contributed by atoms with van der Waals surface area (Å²) in [6, 6.07) is 2.37. The third-order valence-electron chi connectivity index (χ3n) is 3.78. The maximum atomic E-state index is 12.4. The van der Waals surface area contributed by atoms with Crippen LogP contribution < -0.4 is 10.0 Å². The van der Waals surface area contributed by atoms with Crippen LogP contribution in [0.25, 0.3) is 0 Å². The highest BCUT2D eigenvalue weighted by Gasteiger charge is 2.24. The van der Waals surface area contributed by atoms with Crippen molar-refractivity contribution in [2.75, 3.05) is 12.8 Å². The van der Waals surface area contributed by atoms with E-state index in [1.165, 1.54) is 12.8 Å². The van der Waals surface area contributed by atoms with Crippen LogP contribution in [0.3, 0.4) is 0 Å². The molecule has 0 unspecified atom stereocenters. The van der Waals surface area contributed by atoms with Crippen LogP contribution in [0.5, 0.6) is 0 Å². The van der Waals surface area contributed by atoms with Crippen molar-refractivity contribution >= 4 is 21.8 Å². The largest absolute Gasteiger partial charge is 0.352 e. The average molecular weight is 332 g/mol. The highest BCUT2D eigenvalue weighted by molar-refractivity contribution is 8.00. The predicted octanol–water partition coefficient (Wildman–Crippen LogP) is 1.70. The highest BCUT2D eigenvalue weighted by Crippen LogP contribution is 2.22. The molecular formula is C14H25N3O2S2. The zero-order valence-electron chi connectivity index (χ0n) is 13.1. The molecule has 0 amide bonds. The number of aromatic nitrogens is 1. The maximum Gasteiger partial charge on any atom is 0.242 e. The normalized spacial score (nSPS) is 16.4. The molecule has 0 spiro atoms. The van der Waals surface area contributed by atoms with Crippen molar-refractivity contribution < 1.29 is 8.42 Å². The van der Waals surface area contributed by atoms with Crippen LogP contribution in [0, 0.1) is 0 Å². The van der Waals surface area contributed by atoms with Crippen molar-refractivity contribution in [3.05, 3.63) is 18.0 Å². The van der Waals surface area contributed by atoms with Crippen LogP contribution >= 0.6 is 11.8 Å². The summed E-state index contributed by atoms with van der Waals surface area (Å²) in [4.78, 5) is 0.342. The zero-order chi connectivity index (χ0) is 15.7. The molecule has 0 aromatic carbocycles. The highest BCUT2D eigenvalue weighted by atomic mass is 32.2. The molecule has 7 heteroatoms. The van der Waals surface area contributed by atoms with E-state index in [0.29, 0.717) is 24.0 Å². The Hall–Kier alpha value is -0.500. The molecule has 1 saturated carbocycles. The number of aryl methyl sites for hydroxylation is 1. The molecule has 0 aliphatic heterocycles. The van der Waals surface area contributed by atoms with E-state index in [-0.39, 0.29) is 4.75 Å². The van der Waals surface area contributed by atoms with Gasteiger partial charge >= 0.3 is 0 Å². The molecule has 2 N–H and O–H groups in total. The first-order valence-corrected chi connectivity index (χ1v) is 9.88. The predicted molar refractivity (Wildman–Crippen MR) is 88.1 cm³/mol. The Balaban J connectivity index is 2.03. The molecule has 0 bridgehead atoms. The van der Waals surface area contributed by atoms with Crippen molar-refractivity contribution in [3.63, 3.8) is 0 Å². The fourth-order valence-corrected chi connectivity index (χ4v) is 3.47. The fourth-order valence-electron chi connectivity index (χ4n) is 1.86. The second-order valence-electron chi connectivity index (χ2n) is 6.22. The Morgan fingerprint density at radius 3 is 2.67 bits per heavy atom. The summed E-state index contributed by atoms with van der Waals surface area (Å²) >= 11 is 1.65. The third-order valence-corrected chi connectivity index (χ3v) is 6.40. The van der Waals surface area contributed by atoms with Crippen LogP contribution in [-0.4, -0.2) is 36.6 Å². The number of rotatable bonds is 8. The molecule has 1 aliphatic carbocycles. The summed E-state index contributed by atoms with van der Waals surface area (Å²) in [5.74, 6) is 0. The van der Waals surface area contributed by atoms with Crippen LogP contribution in [0.15, 0.2) is 17.2 Å². The summed E-state index contributed by atoms with van der Waals surface area (Å²) in [6.45, 7) is 5.18. The second kappa shape index (κ2) is 6.32. The van der Waals surface area contributed by atoms with Gasteiger partial charge in [0.2, 0.25) is 10.0 Å². The monoisotopic (exact) mass is 331 g/mol. The van der Waals surface area contributed by atoms with Gasteiger partial charge in [-0.05, 0) is 39.0 Å². The molecule has 0 atom stereocenters. The van der Waals surface area contributed by atoms with Crippen molar-refractivity contribution in [1.29, 1.82) is 0 Å². The molecule has 5 nitrogen and oxygen atoms in total. The summed E-state index contributed by atoms with van der Waals surface area (Å²) < 4.78 is 29.2. The van der Waals surface area contributed by atoms with Crippen molar-refractivity contribution in [1.82, 2.24) is 14.6 Å². The van der Waals surface area contributed by atoms with Crippen molar-refractivity contribution in [3.8, 4) is 0 Å². The Morgan fingerprint density at radius 2 is 2.10 bits per heavy atom. The standard InChI is InChI=1S/C14H25N3O2S2/c1-14(2,20-4)10-16-21(18,19)13-7-12(17(3)9-13)8-15-11-5-6-11/h7,9,11,15-16H,5-6,8,10H2,1-4H3. The number of nitrogens with zero attached hydrogens (tertiary/aromatic N) is 1. The van der Waals surface area contributed by atoms with Crippen LogP contribution in [0.4, 0.5) is 0 Å². The molecule has 0 radical (unpaired) electrons. The number of hydrogen-bond acceptors (Lipinski definition) is 4. The first-order chi connectivity index (χ1) is 9.73. The van der Waals surface area contributed by atoms with Gasteiger partial charge in [0.25, 0.3) is 0 Å². The van der Waals surface area contributed by atoms with Gasteiger partial charge in [0, 0.05) is 42.8 Å². The van der Waals surface area contributed by atoms with E-state index < -0.39 is 10.0 Å². The van der Waals surface area contributed by atoms with Crippen molar-refractivity contribution in [2.24, 2.45) is 7.05 Å². The Labute approximate surface area is 131 Å². The minimum absolute atomic E-state index is 0.113. The van der Waals surface area contributed by atoms with E-state index in [1.54, 1.807) is 24.0 Å². The number of thioether (sulfide) groups is 1. The summed E-state index contributed by atoms with van der Waals surface area (Å²) in [5, 5.41) is 3.40. The minimum atomic E-state index is -3.44. The molecule has 1 fully saturated rings. The lowest BCUT2D eigenvalue weighted by Gasteiger charge is -2.21. The van der Waals surface area contributed by atoms with Crippen LogP contribution in [-0.2, 0) is 23.6 Å². The van der Waals surface area contributed by atoms with Gasteiger partial charge < -0.3 is 9.88 Å². The summed E-state index contributed by atoms with van der Waals surface area (Å²) in [7, 11) is -1.56. The lowest BCUT2D eigenvalue weighted by molar-refractivity contribution is 0.570. The van der Waals surface area contributed by atoms with Gasteiger partial charge in [0.05, 0.1) is 4.90 Å². The van der Waals surface area contributed by atoms with Crippen LogP contribution in [0.2, 0.25) is 0 Å². The topological polar surface area (TPSA) is 63.1 Å². The molecule has 2 rings (SSSR count). The van der Waals surface area contributed by atoms with E-state index in [2.05, 4.69) is 10.0 Å². The number of hydrogen-bond donors (Lipinski definition) is 2. The van der Waals surface area contributed by atoms with Crippen LogP contribution in [0.1, 0.15) is 32.4 Å². The van der Waals surface area contributed by atoms with Crippen molar-refractivity contribution in [2.45, 2.75) is 48.9 Å². The number of sulfonamides is 1. The minimum Gasteiger partial charge on any atom is -0.352 e. The van der Waals surface area contributed by atoms with E-state index in [4.69, 9.17) is 0 Å². The third kappa shape index (κ3) is 4.74. The SMILES string of the molecule is CSC(C)(C)CNS(=O)(=O)c1cc(CNC2CC2)n(C)c1. The van der Waals surface area contributed by atoms with Gasteiger partial charge in [0.1, 0.15) is 0 Å². The maximum absolute atomic E-state index is 12.4. The summed E-state index contributed by atoms with van der Waals surface area (Å²) in [5.41, 5.74) is 0.992. The first kappa shape index (κ1) is 16.9. The fraction of sp³-hybridized carbons (Fsp3) is 0.714. The Kier molecular flexibility index (Phi) is 5.07. The molecule has 120 valence electrons. The van der Waals surface area contributed by atoms with Gasteiger partial charge in [-0.25, -0.2) is 13.1 Å². The van der Waals surface area contributed by atoms with Gasteiger partial charge in [-0.3, -0.25) is 0 Å². The van der Waals surface area contributed by atoms with Gasteiger partial charge in [-0.2, -0.15) is 11.8 Å². The van der Waals surface area contributed by atoms with E-state index in [1.807, 2.05) is 31.7 Å². The van der Waals surface area contributed by atoms with Gasteiger partial charge in [-0.15, -0.1) is 0 Å². The second-order valence-corrected chi connectivity index (χ2v) is 9.50. The van der Waals surface area contributed by atoms with Gasteiger partial charge in [-0.1, -0.05) is 0 Å². The lowest BCUT2D eigenvalue weighted by Crippen LogP contribution is -2.35. The number of nitrogens with one attached hydrogen (secondary N) is 2. The average Bonchev–Trinajstić information content (AvgIpc) is 3.17. The first-order valence-electron chi connectivity index (χ1n) is 7.17.